The summed E-state index contributed by atoms with van der Waals surface area (Å²) in [4.78, 5) is 25.4. The fourth-order valence-electron chi connectivity index (χ4n) is 3.52. The van der Waals surface area contributed by atoms with Crippen molar-refractivity contribution in [3.05, 3.63) is 35.9 Å². The summed E-state index contributed by atoms with van der Waals surface area (Å²) in [5.74, 6) is 2.71. The number of nitrogens with zero attached hydrogens (tertiary/aromatic N) is 2. The second kappa shape index (κ2) is 12.8. The minimum absolute atomic E-state index is 0.131. The summed E-state index contributed by atoms with van der Waals surface area (Å²) >= 11 is 2.07. The predicted octanol–water partition coefficient (Wildman–Crippen LogP) is 2.33. The van der Waals surface area contributed by atoms with Crippen LogP contribution in [-0.4, -0.2) is 77.6 Å². The predicted molar refractivity (Wildman–Crippen MR) is 108 cm³/mol. The minimum atomic E-state index is -0.250. The summed E-state index contributed by atoms with van der Waals surface area (Å²) in [6, 6.07) is 10.8. The first-order valence-corrected chi connectivity index (χ1v) is 10.7. The van der Waals surface area contributed by atoms with E-state index in [-0.39, 0.29) is 19.0 Å². The molecule has 1 aromatic rings. The van der Waals surface area contributed by atoms with Crippen LogP contribution < -0.4 is 0 Å². The van der Waals surface area contributed by atoms with Crippen LogP contribution in [0.1, 0.15) is 24.8 Å². The highest BCUT2D eigenvalue weighted by molar-refractivity contribution is 7.99. The highest BCUT2D eigenvalue weighted by atomic mass is 32.2. The first kappa shape index (κ1) is 21.7. The van der Waals surface area contributed by atoms with Gasteiger partial charge in [-0.05, 0) is 36.3 Å². The molecule has 0 radical (unpaired) electrons. The third-order valence-corrected chi connectivity index (χ3v) is 5.98. The van der Waals surface area contributed by atoms with E-state index >= 15 is 0 Å². The summed E-state index contributed by atoms with van der Waals surface area (Å²) in [5, 5.41) is 6.89. The lowest BCUT2D eigenvalue weighted by Gasteiger charge is -2.33. The summed E-state index contributed by atoms with van der Waals surface area (Å²) in [6.45, 7) is 4.30. The number of rotatable bonds is 5. The Labute approximate surface area is 165 Å². The van der Waals surface area contributed by atoms with Gasteiger partial charge >= 0.3 is 0 Å². The van der Waals surface area contributed by atoms with E-state index in [4.69, 9.17) is 14.6 Å². The Morgan fingerprint density at radius 1 is 1.15 bits per heavy atom. The number of carbonyl (C=O) groups excluding carboxylic acids is 1. The fourth-order valence-corrected chi connectivity index (χ4v) is 4.61. The van der Waals surface area contributed by atoms with Gasteiger partial charge in [0.2, 0.25) is 5.91 Å². The summed E-state index contributed by atoms with van der Waals surface area (Å²) in [5.41, 5.74) is 1.11. The van der Waals surface area contributed by atoms with Gasteiger partial charge in [-0.15, -0.1) is 0 Å². The molecule has 2 aliphatic heterocycles. The van der Waals surface area contributed by atoms with Crippen molar-refractivity contribution in [1.82, 2.24) is 9.80 Å². The molecule has 0 aromatic heterocycles. The van der Waals surface area contributed by atoms with Crippen LogP contribution >= 0.6 is 11.8 Å². The molecule has 0 unspecified atom stereocenters. The van der Waals surface area contributed by atoms with Gasteiger partial charge in [-0.1, -0.05) is 30.3 Å². The van der Waals surface area contributed by atoms with Crippen LogP contribution in [0.15, 0.2) is 30.3 Å². The minimum Gasteiger partial charge on any atom is -0.483 e. The second-order valence-electron chi connectivity index (χ2n) is 6.70. The SMILES string of the molecule is O=C(COCc1ccccc1)N1CCCN(C2CCSCC2)CC1.O=CO. The monoisotopic (exact) mass is 394 g/mol. The first-order chi connectivity index (χ1) is 13.2. The number of carbonyl (C=O) groups is 2. The average Bonchev–Trinajstić information content (AvgIpc) is 2.96. The average molecular weight is 395 g/mol. The van der Waals surface area contributed by atoms with Crippen molar-refractivity contribution in [1.29, 1.82) is 0 Å². The Morgan fingerprint density at radius 3 is 2.56 bits per heavy atom. The van der Waals surface area contributed by atoms with Crippen LogP contribution in [0.2, 0.25) is 0 Å². The number of carboxylic acid groups (broad SMARTS) is 1. The molecule has 0 saturated carbocycles. The lowest BCUT2D eigenvalue weighted by atomic mass is 10.1. The molecule has 3 rings (SSSR count). The van der Waals surface area contributed by atoms with E-state index in [9.17, 15) is 4.79 Å². The number of hydrogen-bond donors (Lipinski definition) is 1. The fraction of sp³-hybridized carbons (Fsp3) is 0.600. The van der Waals surface area contributed by atoms with Gasteiger partial charge < -0.3 is 14.7 Å². The van der Waals surface area contributed by atoms with Gasteiger partial charge in [0.15, 0.2) is 0 Å². The van der Waals surface area contributed by atoms with Crippen LogP contribution in [0.5, 0.6) is 0 Å². The van der Waals surface area contributed by atoms with Gasteiger partial charge in [0.05, 0.1) is 6.61 Å². The maximum atomic E-state index is 12.4. The van der Waals surface area contributed by atoms with Crippen LogP contribution in [0.4, 0.5) is 0 Å². The van der Waals surface area contributed by atoms with E-state index in [1.807, 2.05) is 35.2 Å². The third kappa shape index (κ3) is 7.91. The standard InChI is InChI=1S/C19H28N2O2S.CH2O2/c22-19(16-23-15-17-5-2-1-3-6-17)21-10-4-9-20(11-12-21)18-7-13-24-14-8-18;2-1-3/h1-3,5-6,18H,4,7-16H2;1H,(H,2,3). The number of benzene rings is 1. The summed E-state index contributed by atoms with van der Waals surface area (Å²) in [7, 11) is 0. The molecule has 0 atom stereocenters. The molecule has 2 saturated heterocycles. The highest BCUT2D eigenvalue weighted by Crippen LogP contribution is 2.22. The molecule has 6 nitrogen and oxygen atoms in total. The first-order valence-electron chi connectivity index (χ1n) is 9.53. The molecule has 0 bridgehead atoms. The highest BCUT2D eigenvalue weighted by Gasteiger charge is 2.25. The van der Waals surface area contributed by atoms with E-state index < -0.39 is 0 Å². The largest absolute Gasteiger partial charge is 0.483 e. The van der Waals surface area contributed by atoms with E-state index in [2.05, 4.69) is 16.7 Å². The van der Waals surface area contributed by atoms with Crippen molar-refractivity contribution in [2.45, 2.75) is 31.9 Å². The van der Waals surface area contributed by atoms with E-state index in [0.29, 0.717) is 6.61 Å². The van der Waals surface area contributed by atoms with E-state index in [1.165, 1.54) is 24.3 Å². The van der Waals surface area contributed by atoms with Gasteiger partial charge in [0, 0.05) is 32.2 Å². The van der Waals surface area contributed by atoms with Crippen molar-refractivity contribution < 1.29 is 19.4 Å². The number of amides is 1. The van der Waals surface area contributed by atoms with Crippen molar-refractivity contribution >= 4 is 24.1 Å². The van der Waals surface area contributed by atoms with E-state index in [1.54, 1.807) is 0 Å². The molecule has 1 amide bonds. The lowest BCUT2D eigenvalue weighted by Crippen LogP contribution is -2.41. The Balaban J connectivity index is 0.000000817. The third-order valence-electron chi connectivity index (χ3n) is 4.93. The molecule has 2 aliphatic rings. The molecule has 1 N–H and O–H groups in total. The van der Waals surface area contributed by atoms with Crippen molar-refractivity contribution in [2.75, 3.05) is 44.3 Å². The van der Waals surface area contributed by atoms with Crippen molar-refractivity contribution in [3.63, 3.8) is 0 Å². The number of ether oxygens (including phenoxy) is 1. The Kier molecular flexibility index (Phi) is 10.3. The van der Waals surface area contributed by atoms with Gasteiger partial charge in [0.25, 0.3) is 6.47 Å². The van der Waals surface area contributed by atoms with Gasteiger partial charge in [-0.3, -0.25) is 14.5 Å². The quantitative estimate of drug-likeness (QED) is 0.773. The van der Waals surface area contributed by atoms with Crippen LogP contribution in [-0.2, 0) is 20.9 Å². The van der Waals surface area contributed by atoms with Crippen molar-refractivity contribution in [3.8, 4) is 0 Å². The Bertz CT molecular complexity index is 552. The molecular weight excluding hydrogens is 364 g/mol. The number of thioether (sulfide) groups is 1. The topological polar surface area (TPSA) is 70.1 Å². The lowest BCUT2D eigenvalue weighted by molar-refractivity contribution is -0.136. The molecule has 0 spiro atoms. The molecule has 2 fully saturated rings. The zero-order valence-electron chi connectivity index (χ0n) is 15.8. The van der Waals surface area contributed by atoms with Crippen LogP contribution in [0.3, 0.4) is 0 Å². The Hall–Kier alpha value is -1.57. The van der Waals surface area contributed by atoms with Crippen LogP contribution in [0.25, 0.3) is 0 Å². The van der Waals surface area contributed by atoms with Gasteiger partial charge in [-0.25, -0.2) is 0 Å². The maximum absolute atomic E-state index is 12.4. The molecule has 2 heterocycles. The summed E-state index contributed by atoms with van der Waals surface area (Å²) < 4.78 is 5.61. The zero-order valence-corrected chi connectivity index (χ0v) is 16.6. The van der Waals surface area contributed by atoms with Gasteiger partial charge in [-0.2, -0.15) is 11.8 Å². The zero-order chi connectivity index (χ0) is 19.3. The smallest absolute Gasteiger partial charge is 0.290 e. The molecule has 7 heteroatoms. The molecule has 150 valence electrons. The summed E-state index contributed by atoms with van der Waals surface area (Å²) in [6.07, 6.45) is 3.69. The van der Waals surface area contributed by atoms with Crippen LogP contribution in [0, 0.1) is 0 Å². The molecular formula is C20H30N2O4S. The molecule has 1 aromatic carbocycles. The molecule has 0 aliphatic carbocycles. The van der Waals surface area contributed by atoms with Gasteiger partial charge in [0.1, 0.15) is 6.61 Å². The van der Waals surface area contributed by atoms with Crippen molar-refractivity contribution in [2.24, 2.45) is 0 Å². The molecule has 27 heavy (non-hydrogen) atoms. The number of hydrogen-bond acceptors (Lipinski definition) is 5. The second-order valence-corrected chi connectivity index (χ2v) is 7.92. The Morgan fingerprint density at radius 2 is 1.85 bits per heavy atom. The van der Waals surface area contributed by atoms with E-state index in [0.717, 1.165) is 44.2 Å². The maximum Gasteiger partial charge on any atom is 0.290 e. The normalized spacial score (nSPS) is 18.9.